The van der Waals surface area contributed by atoms with Crippen LogP contribution in [0.2, 0.25) is 0 Å². The van der Waals surface area contributed by atoms with Crippen LogP contribution in [0.5, 0.6) is 0 Å². The lowest BCUT2D eigenvalue weighted by Crippen LogP contribution is -2.57. The first-order chi connectivity index (χ1) is 15.3. The quantitative estimate of drug-likeness (QED) is 0.0947. The second-order valence-electron chi connectivity index (χ2n) is 6.85. The van der Waals surface area contributed by atoms with E-state index in [2.05, 4.69) is 28.6 Å². The summed E-state index contributed by atoms with van der Waals surface area (Å²) in [4.78, 5) is 80.7. The zero-order valence-corrected chi connectivity index (χ0v) is 18.2. The molecular formula is C17H27N5O10S. The van der Waals surface area contributed by atoms with Crippen molar-refractivity contribution in [3.05, 3.63) is 0 Å². The van der Waals surface area contributed by atoms with Crippen molar-refractivity contribution in [2.75, 3.05) is 5.75 Å². The van der Waals surface area contributed by atoms with E-state index in [4.69, 9.17) is 26.8 Å². The summed E-state index contributed by atoms with van der Waals surface area (Å²) in [6.07, 6.45) is -2.33. The molecule has 0 radical (unpaired) electrons. The Morgan fingerprint density at radius 3 is 1.67 bits per heavy atom. The number of aliphatic carboxylic acids is 3. The lowest BCUT2D eigenvalue weighted by Gasteiger charge is -2.24. The second-order valence-corrected chi connectivity index (χ2v) is 7.21. The van der Waals surface area contributed by atoms with Crippen LogP contribution < -0.4 is 27.4 Å². The zero-order valence-electron chi connectivity index (χ0n) is 17.4. The third kappa shape index (κ3) is 12.3. The van der Waals surface area contributed by atoms with Crippen LogP contribution in [0.3, 0.4) is 0 Å². The minimum absolute atomic E-state index is 0.302. The zero-order chi connectivity index (χ0) is 25.7. The molecule has 0 spiro atoms. The van der Waals surface area contributed by atoms with Crippen molar-refractivity contribution in [2.24, 2.45) is 11.5 Å². The summed E-state index contributed by atoms with van der Waals surface area (Å²) >= 11 is 3.92. The molecule has 0 saturated heterocycles. The molecule has 186 valence electrons. The lowest BCUT2D eigenvalue weighted by atomic mass is 10.1. The Labute approximate surface area is 193 Å². The van der Waals surface area contributed by atoms with Crippen molar-refractivity contribution in [3.8, 4) is 0 Å². The number of carboxylic acid groups (broad SMARTS) is 3. The number of carboxylic acids is 3. The van der Waals surface area contributed by atoms with E-state index < -0.39 is 85.0 Å². The molecule has 0 aromatic rings. The third-order valence-electron chi connectivity index (χ3n) is 4.12. The monoisotopic (exact) mass is 493 g/mol. The molecule has 10 N–H and O–H groups in total. The van der Waals surface area contributed by atoms with Crippen LogP contribution in [0.4, 0.5) is 0 Å². The number of carbonyl (C=O) groups is 7. The minimum atomic E-state index is -1.55. The molecule has 0 aromatic heterocycles. The molecule has 15 nitrogen and oxygen atoms in total. The molecule has 0 aliphatic heterocycles. The average Bonchev–Trinajstić information content (AvgIpc) is 2.70. The topological polar surface area (TPSA) is 268 Å². The van der Waals surface area contributed by atoms with Crippen molar-refractivity contribution in [3.63, 3.8) is 0 Å². The summed E-state index contributed by atoms with van der Waals surface area (Å²) in [6.45, 7) is 0. The van der Waals surface area contributed by atoms with E-state index in [9.17, 15) is 33.6 Å². The van der Waals surface area contributed by atoms with E-state index in [1.54, 1.807) is 0 Å². The lowest BCUT2D eigenvalue weighted by molar-refractivity contribution is -0.143. The van der Waals surface area contributed by atoms with E-state index in [-0.39, 0.29) is 18.6 Å². The van der Waals surface area contributed by atoms with Crippen LogP contribution >= 0.6 is 12.6 Å². The van der Waals surface area contributed by atoms with E-state index in [1.807, 2.05) is 0 Å². The first-order valence-corrected chi connectivity index (χ1v) is 10.1. The van der Waals surface area contributed by atoms with E-state index >= 15 is 0 Å². The maximum absolute atomic E-state index is 12.6. The maximum atomic E-state index is 12.6. The van der Waals surface area contributed by atoms with Gasteiger partial charge in [0.15, 0.2) is 0 Å². The van der Waals surface area contributed by atoms with Crippen molar-refractivity contribution < 1.29 is 48.9 Å². The van der Waals surface area contributed by atoms with Gasteiger partial charge in [-0.2, -0.15) is 12.6 Å². The van der Waals surface area contributed by atoms with Crippen LogP contribution in [0, 0.1) is 0 Å². The molecule has 0 rings (SSSR count). The van der Waals surface area contributed by atoms with Gasteiger partial charge in [-0.1, -0.05) is 0 Å². The molecule has 0 aromatic carbocycles. The van der Waals surface area contributed by atoms with Gasteiger partial charge in [0.1, 0.15) is 18.1 Å². The standard InChI is InChI=1S/C17H27N5O10S/c18-7(5-13(26)27)14(28)20-8(1-3-11(19)23)15(29)22-10(6-33)16(30)21-9(17(31)32)2-4-12(24)25/h7-10,33H,1-6,18H2,(H2,19,23)(H,20,28)(H,21,30)(H,22,29)(H,24,25)(H,26,27)(H,31,32). The number of amides is 4. The van der Waals surface area contributed by atoms with Gasteiger partial charge in [-0.25, -0.2) is 4.79 Å². The molecule has 0 fully saturated rings. The Hall–Kier alpha value is -3.40. The Kier molecular flexibility index (Phi) is 13.1. The number of thiol groups is 1. The van der Waals surface area contributed by atoms with Crippen LogP contribution in [0.15, 0.2) is 0 Å². The first-order valence-electron chi connectivity index (χ1n) is 9.50. The molecule has 33 heavy (non-hydrogen) atoms. The van der Waals surface area contributed by atoms with Gasteiger partial charge >= 0.3 is 17.9 Å². The van der Waals surface area contributed by atoms with Crippen LogP contribution in [-0.2, 0) is 33.6 Å². The van der Waals surface area contributed by atoms with Gasteiger partial charge in [-0.05, 0) is 12.8 Å². The normalized spacial score (nSPS) is 14.1. The molecule has 0 aliphatic rings. The van der Waals surface area contributed by atoms with Crippen LogP contribution in [0.25, 0.3) is 0 Å². The van der Waals surface area contributed by atoms with Gasteiger partial charge in [0.25, 0.3) is 0 Å². The maximum Gasteiger partial charge on any atom is 0.326 e. The van der Waals surface area contributed by atoms with E-state index in [0.717, 1.165) is 0 Å². The van der Waals surface area contributed by atoms with Crippen molar-refractivity contribution in [1.29, 1.82) is 0 Å². The largest absolute Gasteiger partial charge is 0.481 e. The fraction of sp³-hybridized carbons (Fsp3) is 0.588. The summed E-state index contributed by atoms with van der Waals surface area (Å²) in [5.41, 5.74) is 10.5. The highest BCUT2D eigenvalue weighted by atomic mass is 32.1. The minimum Gasteiger partial charge on any atom is -0.481 e. The molecule has 0 aliphatic carbocycles. The van der Waals surface area contributed by atoms with Gasteiger partial charge in [0.2, 0.25) is 23.6 Å². The fourth-order valence-corrected chi connectivity index (χ4v) is 2.64. The first kappa shape index (κ1) is 29.6. The second kappa shape index (κ2) is 14.6. The van der Waals surface area contributed by atoms with Crippen molar-refractivity contribution >= 4 is 54.2 Å². The predicted molar refractivity (Wildman–Crippen MR) is 113 cm³/mol. The predicted octanol–water partition coefficient (Wildman–Crippen LogP) is -3.61. The summed E-state index contributed by atoms with van der Waals surface area (Å²) in [6, 6.07) is -5.87. The van der Waals surface area contributed by atoms with Crippen molar-refractivity contribution in [1.82, 2.24) is 16.0 Å². The Morgan fingerprint density at radius 2 is 1.21 bits per heavy atom. The summed E-state index contributed by atoms with van der Waals surface area (Å²) in [5.74, 6) is -8.21. The number of carbonyl (C=O) groups excluding carboxylic acids is 4. The number of hydrogen-bond acceptors (Lipinski definition) is 9. The van der Waals surface area contributed by atoms with Gasteiger partial charge < -0.3 is 42.7 Å². The number of hydrogen-bond donors (Lipinski definition) is 9. The molecule has 4 amide bonds. The number of rotatable bonds is 16. The Balaban J connectivity index is 5.31. The number of nitrogens with one attached hydrogen (secondary N) is 3. The van der Waals surface area contributed by atoms with Crippen molar-refractivity contribution in [2.45, 2.75) is 56.3 Å². The van der Waals surface area contributed by atoms with E-state index in [0.29, 0.717) is 0 Å². The SMILES string of the molecule is NC(=O)CCC(NC(=O)C(N)CC(=O)O)C(=O)NC(CS)C(=O)NC(CCC(=O)O)C(=O)O. The summed E-state index contributed by atoms with van der Waals surface area (Å²) in [7, 11) is 0. The molecule has 0 heterocycles. The molecular weight excluding hydrogens is 466 g/mol. The third-order valence-corrected chi connectivity index (χ3v) is 4.49. The molecule has 4 unspecified atom stereocenters. The molecule has 4 atom stereocenters. The summed E-state index contributed by atoms with van der Waals surface area (Å²) < 4.78 is 0. The number of primary amides is 1. The molecule has 0 saturated carbocycles. The van der Waals surface area contributed by atoms with Gasteiger partial charge in [-0.15, -0.1) is 0 Å². The fourth-order valence-electron chi connectivity index (χ4n) is 2.38. The van der Waals surface area contributed by atoms with Gasteiger partial charge in [-0.3, -0.25) is 28.8 Å². The van der Waals surface area contributed by atoms with Crippen LogP contribution in [-0.4, -0.2) is 86.8 Å². The highest BCUT2D eigenvalue weighted by Crippen LogP contribution is 2.03. The van der Waals surface area contributed by atoms with Crippen LogP contribution in [0.1, 0.15) is 32.1 Å². The Bertz CT molecular complexity index is 777. The number of nitrogens with two attached hydrogens (primary N) is 2. The Morgan fingerprint density at radius 1 is 0.727 bits per heavy atom. The van der Waals surface area contributed by atoms with Gasteiger partial charge in [0, 0.05) is 18.6 Å². The smallest absolute Gasteiger partial charge is 0.326 e. The average molecular weight is 493 g/mol. The highest BCUT2D eigenvalue weighted by Gasteiger charge is 2.30. The van der Waals surface area contributed by atoms with Gasteiger partial charge in [0.05, 0.1) is 12.5 Å². The summed E-state index contributed by atoms with van der Waals surface area (Å²) in [5, 5.41) is 33.0. The highest BCUT2D eigenvalue weighted by molar-refractivity contribution is 7.80. The molecule has 16 heteroatoms. The molecule has 0 bridgehead atoms. The van der Waals surface area contributed by atoms with E-state index in [1.165, 1.54) is 0 Å².